The Morgan fingerprint density at radius 2 is 1.72 bits per heavy atom. The molecule has 0 aliphatic rings. The third-order valence-electron chi connectivity index (χ3n) is 3.35. The van der Waals surface area contributed by atoms with Crippen LogP contribution in [0.15, 0.2) is 30.3 Å². The van der Waals surface area contributed by atoms with E-state index in [1.54, 1.807) is 0 Å². The van der Waals surface area contributed by atoms with E-state index in [0.717, 1.165) is 18.4 Å². The van der Waals surface area contributed by atoms with Gasteiger partial charge in [-0.25, -0.2) is 0 Å². The van der Waals surface area contributed by atoms with Gasteiger partial charge in [-0.1, -0.05) is 51.1 Å². The molecule has 1 N–H and O–H groups in total. The zero-order valence-corrected chi connectivity index (χ0v) is 11.6. The first-order valence-electron chi connectivity index (χ1n) is 6.77. The molecule has 1 rings (SSSR count). The molecule has 0 saturated carbocycles. The second-order valence-corrected chi connectivity index (χ2v) is 5.49. The summed E-state index contributed by atoms with van der Waals surface area (Å²) in [6.45, 7) is 6.11. The number of hydrogen-bond donors (Lipinski definition) is 1. The predicted octanol–water partition coefficient (Wildman–Crippen LogP) is 3.69. The largest absolute Gasteiger partial charge is 0.393 e. The Bertz CT molecular complexity index is 357. The highest BCUT2D eigenvalue weighted by atomic mass is 16.3. The Morgan fingerprint density at radius 3 is 2.28 bits per heavy atom. The smallest absolute Gasteiger partial charge is 0.163 e. The SMILES string of the molecule is CC(C)[C@@H](O)CC[C@@H](C)CC(=O)c1ccccc1. The van der Waals surface area contributed by atoms with Gasteiger partial charge >= 0.3 is 0 Å². The maximum absolute atomic E-state index is 12.0. The van der Waals surface area contributed by atoms with Gasteiger partial charge in [-0.05, 0) is 24.7 Å². The average Bonchev–Trinajstić information content (AvgIpc) is 2.36. The van der Waals surface area contributed by atoms with Crippen LogP contribution in [0, 0.1) is 11.8 Å². The normalized spacial score (nSPS) is 14.5. The number of carbonyl (C=O) groups is 1. The molecule has 0 bridgehead atoms. The Hall–Kier alpha value is -1.15. The molecule has 0 aromatic heterocycles. The van der Waals surface area contributed by atoms with E-state index in [1.807, 2.05) is 44.2 Å². The fraction of sp³-hybridized carbons (Fsp3) is 0.562. The highest BCUT2D eigenvalue weighted by Gasteiger charge is 2.14. The average molecular weight is 248 g/mol. The lowest BCUT2D eigenvalue weighted by Gasteiger charge is -2.17. The van der Waals surface area contributed by atoms with E-state index >= 15 is 0 Å². The quantitative estimate of drug-likeness (QED) is 0.747. The van der Waals surface area contributed by atoms with E-state index in [9.17, 15) is 9.90 Å². The number of ketones is 1. The molecule has 2 nitrogen and oxygen atoms in total. The zero-order valence-electron chi connectivity index (χ0n) is 11.6. The molecule has 18 heavy (non-hydrogen) atoms. The molecular weight excluding hydrogens is 224 g/mol. The van der Waals surface area contributed by atoms with E-state index in [-0.39, 0.29) is 11.9 Å². The summed E-state index contributed by atoms with van der Waals surface area (Å²) in [7, 11) is 0. The van der Waals surface area contributed by atoms with Crippen molar-refractivity contribution in [3.8, 4) is 0 Å². The Balaban J connectivity index is 2.36. The number of benzene rings is 1. The van der Waals surface area contributed by atoms with Crippen LogP contribution in [-0.4, -0.2) is 17.0 Å². The van der Waals surface area contributed by atoms with Crippen LogP contribution in [0.3, 0.4) is 0 Å². The molecule has 0 aliphatic heterocycles. The first kappa shape index (κ1) is 14.9. The fourth-order valence-electron chi connectivity index (χ4n) is 1.95. The van der Waals surface area contributed by atoms with E-state index in [1.165, 1.54) is 0 Å². The summed E-state index contributed by atoms with van der Waals surface area (Å²) in [4.78, 5) is 12.0. The molecule has 0 aliphatic carbocycles. The molecule has 100 valence electrons. The lowest BCUT2D eigenvalue weighted by atomic mass is 9.92. The van der Waals surface area contributed by atoms with E-state index in [2.05, 4.69) is 6.92 Å². The van der Waals surface area contributed by atoms with Crippen LogP contribution in [0.5, 0.6) is 0 Å². The van der Waals surface area contributed by atoms with Gasteiger partial charge in [0.05, 0.1) is 6.10 Å². The number of aliphatic hydroxyl groups excluding tert-OH is 1. The number of carbonyl (C=O) groups excluding carboxylic acids is 1. The summed E-state index contributed by atoms with van der Waals surface area (Å²) >= 11 is 0. The van der Waals surface area contributed by atoms with Gasteiger partial charge in [-0.3, -0.25) is 4.79 Å². The second kappa shape index (κ2) is 7.32. The monoisotopic (exact) mass is 248 g/mol. The molecule has 2 atom stereocenters. The van der Waals surface area contributed by atoms with Crippen molar-refractivity contribution in [1.82, 2.24) is 0 Å². The van der Waals surface area contributed by atoms with Crippen molar-refractivity contribution in [1.29, 1.82) is 0 Å². The summed E-state index contributed by atoms with van der Waals surface area (Å²) in [5.74, 6) is 0.815. The first-order valence-corrected chi connectivity index (χ1v) is 6.77. The van der Waals surface area contributed by atoms with E-state index in [0.29, 0.717) is 18.3 Å². The summed E-state index contributed by atoms with van der Waals surface area (Å²) in [5, 5.41) is 9.74. The summed E-state index contributed by atoms with van der Waals surface area (Å²) in [6, 6.07) is 9.41. The maximum Gasteiger partial charge on any atom is 0.163 e. The van der Waals surface area contributed by atoms with Gasteiger partial charge in [0.25, 0.3) is 0 Å². The maximum atomic E-state index is 12.0. The number of hydrogen-bond acceptors (Lipinski definition) is 2. The van der Waals surface area contributed by atoms with Crippen molar-refractivity contribution >= 4 is 5.78 Å². The van der Waals surface area contributed by atoms with Crippen molar-refractivity contribution in [3.05, 3.63) is 35.9 Å². The zero-order chi connectivity index (χ0) is 13.5. The minimum absolute atomic E-state index is 0.196. The first-order chi connectivity index (χ1) is 8.50. The van der Waals surface area contributed by atoms with Crippen molar-refractivity contribution in [2.75, 3.05) is 0 Å². The number of aliphatic hydroxyl groups is 1. The highest BCUT2D eigenvalue weighted by molar-refractivity contribution is 5.96. The highest BCUT2D eigenvalue weighted by Crippen LogP contribution is 2.18. The molecule has 0 amide bonds. The Kier molecular flexibility index (Phi) is 6.06. The molecule has 1 aromatic carbocycles. The van der Waals surface area contributed by atoms with Crippen LogP contribution in [0.2, 0.25) is 0 Å². The van der Waals surface area contributed by atoms with E-state index < -0.39 is 0 Å². The molecule has 0 radical (unpaired) electrons. The van der Waals surface area contributed by atoms with Crippen molar-refractivity contribution in [2.24, 2.45) is 11.8 Å². The fourth-order valence-corrected chi connectivity index (χ4v) is 1.95. The molecule has 0 heterocycles. The summed E-state index contributed by atoms with van der Waals surface area (Å²) in [5.41, 5.74) is 0.786. The van der Waals surface area contributed by atoms with Crippen molar-refractivity contribution in [2.45, 2.75) is 46.1 Å². The minimum atomic E-state index is -0.251. The summed E-state index contributed by atoms with van der Waals surface area (Å²) in [6.07, 6.45) is 1.99. The van der Waals surface area contributed by atoms with Crippen LogP contribution in [0.4, 0.5) is 0 Å². The van der Waals surface area contributed by atoms with Crippen LogP contribution in [-0.2, 0) is 0 Å². The van der Waals surface area contributed by atoms with Gasteiger partial charge < -0.3 is 5.11 Å². The second-order valence-electron chi connectivity index (χ2n) is 5.49. The molecule has 2 heteroatoms. The molecule has 0 spiro atoms. The Morgan fingerprint density at radius 1 is 1.11 bits per heavy atom. The molecule has 1 aromatic rings. The standard InChI is InChI=1S/C16H24O2/c1-12(2)15(17)10-9-13(3)11-16(18)14-7-5-4-6-8-14/h4-8,12-13,15,17H,9-11H2,1-3H3/t13-,15+/m1/s1. The minimum Gasteiger partial charge on any atom is -0.393 e. The predicted molar refractivity (Wildman–Crippen MR) is 74.6 cm³/mol. The molecule has 0 saturated heterocycles. The van der Waals surface area contributed by atoms with Crippen LogP contribution in [0.1, 0.15) is 50.4 Å². The van der Waals surface area contributed by atoms with Crippen LogP contribution in [0.25, 0.3) is 0 Å². The number of rotatable bonds is 7. The molecule has 0 unspecified atom stereocenters. The van der Waals surface area contributed by atoms with Crippen molar-refractivity contribution < 1.29 is 9.90 Å². The van der Waals surface area contributed by atoms with Gasteiger partial charge in [0, 0.05) is 12.0 Å². The molecular formula is C16H24O2. The topological polar surface area (TPSA) is 37.3 Å². The van der Waals surface area contributed by atoms with Crippen LogP contribution < -0.4 is 0 Å². The third kappa shape index (κ3) is 5.01. The number of Topliss-reactive ketones (excluding diaryl/α,β-unsaturated/α-hetero) is 1. The lowest BCUT2D eigenvalue weighted by molar-refractivity contribution is 0.0928. The van der Waals surface area contributed by atoms with Gasteiger partial charge in [0.1, 0.15) is 0 Å². The summed E-state index contributed by atoms with van der Waals surface area (Å²) < 4.78 is 0. The van der Waals surface area contributed by atoms with Gasteiger partial charge in [0.15, 0.2) is 5.78 Å². The van der Waals surface area contributed by atoms with Gasteiger partial charge in [-0.15, -0.1) is 0 Å². The van der Waals surface area contributed by atoms with Crippen molar-refractivity contribution in [3.63, 3.8) is 0 Å². The van der Waals surface area contributed by atoms with Crippen LogP contribution >= 0.6 is 0 Å². The van der Waals surface area contributed by atoms with Gasteiger partial charge in [0.2, 0.25) is 0 Å². The lowest BCUT2D eigenvalue weighted by Crippen LogP contribution is -2.16. The molecule has 0 fully saturated rings. The Labute approximate surface area is 110 Å². The third-order valence-corrected chi connectivity index (χ3v) is 3.35. The van der Waals surface area contributed by atoms with E-state index in [4.69, 9.17) is 0 Å². The van der Waals surface area contributed by atoms with Gasteiger partial charge in [-0.2, -0.15) is 0 Å².